The molecule has 166 valence electrons. The summed E-state index contributed by atoms with van der Waals surface area (Å²) in [5, 5.41) is 8.79. The third kappa shape index (κ3) is 6.39. The Kier molecular flexibility index (Phi) is 8.02. The third-order valence-corrected chi connectivity index (χ3v) is 5.26. The van der Waals surface area contributed by atoms with Crippen LogP contribution in [0.5, 0.6) is 0 Å². The SMILES string of the molecule is C[C@@H](c1ccccc1)n1nnc(COCc2ccccc2)c1C#CCOCc1ccccc1. The summed E-state index contributed by atoms with van der Waals surface area (Å²) >= 11 is 0. The van der Waals surface area contributed by atoms with Crippen molar-refractivity contribution in [1.29, 1.82) is 0 Å². The fourth-order valence-electron chi connectivity index (χ4n) is 3.45. The van der Waals surface area contributed by atoms with E-state index in [1.807, 2.05) is 83.5 Å². The Labute approximate surface area is 195 Å². The van der Waals surface area contributed by atoms with Gasteiger partial charge in [-0.3, -0.25) is 0 Å². The van der Waals surface area contributed by atoms with Crippen LogP contribution in [0.4, 0.5) is 0 Å². The maximum atomic E-state index is 5.92. The van der Waals surface area contributed by atoms with Gasteiger partial charge in [0.2, 0.25) is 0 Å². The van der Waals surface area contributed by atoms with E-state index in [0.29, 0.717) is 26.4 Å². The van der Waals surface area contributed by atoms with E-state index in [0.717, 1.165) is 28.1 Å². The van der Waals surface area contributed by atoms with Crippen molar-refractivity contribution < 1.29 is 9.47 Å². The molecular weight excluding hydrogens is 410 g/mol. The molecule has 3 aromatic carbocycles. The molecule has 0 spiro atoms. The molecule has 1 heterocycles. The molecule has 0 aliphatic carbocycles. The van der Waals surface area contributed by atoms with Crippen LogP contribution < -0.4 is 0 Å². The number of rotatable bonds is 9. The van der Waals surface area contributed by atoms with Crippen molar-refractivity contribution in [2.75, 3.05) is 6.61 Å². The van der Waals surface area contributed by atoms with Gasteiger partial charge < -0.3 is 9.47 Å². The van der Waals surface area contributed by atoms with Crippen LogP contribution >= 0.6 is 0 Å². The number of hydrogen-bond acceptors (Lipinski definition) is 4. The molecule has 0 N–H and O–H groups in total. The van der Waals surface area contributed by atoms with Crippen molar-refractivity contribution >= 4 is 0 Å². The first-order valence-electron chi connectivity index (χ1n) is 11.0. The molecule has 1 atom stereocenters. The second-order valence-corrected chi connectivity index (χ2v) is 7.67. The van der Waals surface area contributed by atoms with E-state index in [1.54, 1.807) is 0 Å². The summed E-state index contributed by atoms with van der Waals surface area (Å²) in [6, 6.07) is 30.4. The lowest BCUT2D eigenvalue weighted by molar-refractivity contribution is 0.104. The molecule has 0 radical (unpaired) electrons. The zero-order valence-electron chi connectivity index (χ0n) is 18.7. The van der Waals surface area contributed by atoms with Crippen LogP contribution in [0.2, 0.25) is 0 Å². The first-order chi connectivity index (χ1) is 16.3. The molecule has 4 rings (SSSR count). The quantitative estimate of drug-likeness (QED) is 0.268. The van der Waals surface area contributed by atoms with Crippen molar-refractivity contribution in [3.63, 3.8) is 0 Å². The zero-order chi connectivity index (χ0) is 22.7. The first kappa shape index (κ1) is 22.5. The summed E-state index contributed by atoms with van der Waals surface area (Å²) in [4.78, 5) is 0. The third-order valence-electron chi connectivity index (χ3n) is 5.26. The molecule has 0 saturated heterocycles. The Balaban J connectivity index is 1.47. The van der Waals surface area contributed by atoms with Gasteiger partial charge >= 0.3 is 0 Å². The summed E-state index contributed by atoms with van der Waals surface area (Å²) in [6.07, 6.45) is 0. The normalized spacial score (nSPS) is 11.5. The molecule has 0 saturated carbocycles. The summed E-state index contributed by atoms with van der Waals surface area (Å²) in [7, 11) is 0. The van der Waals surface area contributed by atoms with E-state index < -0.39 is 0 Å². The number of aromatic nitrogens is 3. The predicted molar refractivity (Wildman–Crippen MR) is 128 cm³/mol. The van der Waals surface area contributed by atoms with Crippen LogP contribution in [0.15, 0.2) is 91.0 Å². The molecule has 0 aliphatic rings. The van der Waals surface area contributed by atoms with Crippen LogP contribution in [0.25, 0.3) is 0 Å². The Morgan fingerprint density at radius 1 is 0.758 bits per heavy atom. The van der Waals surface area contributed by atoms with Crippen molar-refractivity contribution in [3.8, 4) is 11.8 Å². The van der Waals surface area contributed by atoms with E-state index in [-0.39, 0.29) is 6.04 Å². The highest BCUT2D eigenvalue weighted by molar-refractivity contribution is 5.33. The number of ether oxygens (including phenoxy) is 2. The summed E-state index contributed by atoms with van der Waals surface area (Å²) in [5.41, 5.74) is 4.86. The van der Waals surface area contributed by atoms with Crippen molar-refractivity contribution in [2.45, 2.75) is 32.8 Å². The highest BCUT2D eigenvalue weighted by Crippen LogP contribution is 2.20. The van der Waals surface area contributed by atoms with Gasteiger partial charge in [-0.2, -0.15) is 0 Å². The average Bonchev–Trinajstić information content (AvgIpc) is 3.27. The van der Waals surface area contributed by atoms with Gasteiger partial charge in [-0.05, 0) is 29.5 Å². The van der Waals surface area contributed by atoms with Gasteiger partial charge in [-0.1, -0.05) is 102 Å². The van der Waals surface area contributed by atoms with Gasteiger partial charge in [0.15, 0.2) is 0 Å². The monoisotopic (exact) mass is 437 g/mol. The molecule has 0 aliphatic heterocycles. The van der Waals surface area contributed by atoms with Crippen LogP contribution in [0.1, 0.15) is 41.0 Å². The van der Waals surface area contributed by atoms with Crippen LogP contribution in [0, 0.1) is 11.8 Å². The molecule has 5 nitrogen and oxygen atoms in total. The van der Waals surface area contributed by atoms with Gasteiger partial charge in [0, 0.05) is 0 Å². The molecule has 0 fully saturated rings. The van der Waals surface area contributed by atoms with Crippen molar-refractivity contribution in [1.82, 2.24) is 15.0 Å². The minimum absolute atomic E-state index is 0.00360. The highest BCUT2D eigenvalue weighted by atomic mass is 16.5. The lowest BCUT2D eigenvalue weighted by Gasteiger charge is -2.13. The van der Waals surface area contributed by atoms with Gasteiger partial charge in [0.25, 0.3) is 0 Å². The first-order valence-corrected chi connectivity index (χ1v) is 11.0. The molecular formula is C28H27N3O2. The number of benzene rings is 3. The van der Waals surface area contributed by atoms with E-state index in [4.69, 9.17) is 9.47 Å². The Bertz CT molecular complexity index is 1180. The largest absolute Gasteiger partial charge is 0.370 e. The highest BCUT2D eigenvalue weighted by Gasteiger charge is 2.17. The van der Waals surface area contributed by atoms with E-state index >= 15 is 0 Å². The minimum Gasteiger partial charge on any atom is -0.370 e. The van der Waals surface area contributed by atoms with Gasteiger partial charge in [0.05, 0.1) is 25.9 Å². The van der Waals surface area contributed by atoms with E-state index in [2.05, 4.69) is 41.2 Å². The van der Waals surface area contributed by atoms with Gasteiger partial charge in [0.1, 0.15) is 18.0 Å². The standard InChI is InChI=1S/C28H27N3O2/c1-23(26-16-9-4-10-17-26)31-28(18-11-19-32-20-24-12-5-2-6-13-24)27(29-30-31)22-33-21-25-14-7-3-8-15-25/h2-10,12-17,23H,19-22H2,1H3/t23-/m0/s1. The van der Waals surface area contributed by atoms with Crippen LogP contribution in [-0.4, -0.2) is 21.6 Å². The number of hydrogen-bond donors (Lipinski definition) is 0. The lowest BCUT2D eigenvalue weighted by atomic mass is 10.1. The minimum atomic E-state index is -0.00360. The Hall–Kier alpha value is -3.72. The second kappa shape index (κ2) is 11.8. The molecule has 4 aromatic rings. The van der Waals surface area contributed by atoms with Crippen molar-refractivity contribution in [2.24, 2.45) is 0 Å². The zero-order valence-corrected chi connectivity index (χ0v) is 18.7. The van der Waals surface area contributed by atoms with E-state index in [9.17, 15) is 0 Å². The summed E-state index contributed by atoms with van der Waals surface area (Å²) in [6.45, 7) is 3.79. The fourth-order valence-corrected chi connectivity index (χ4v) is 3.45. The van der Waals surface area contributed by atoms with Gasteiger partial charge in [-0.15, -0.1) is 5.10 Å². The summed E-state index contributed by atoms with van der Waals surface area (Å²) < 4.78 is 13.5. The molecule has 1 aromatic heterocycles. The molecule has 33 heavy (non-hydrogen) atoms. The Morgan fingerprint density at radius 3 is 1.97 bits per heavy atom. The summed E-state index contributed by atoms with van der Waals surface area (Å²) in [5.74, 6) is 6.36. The van der Waals surface area contributed by atoms with Crippen LogP contribution in [0.3, 0.4) is 0 Å². The van der Waals surface area contributed by atoms with Crippen LogP contribution in [-0.2, 0) is 29.3 Å². The Morgan fingerprint density at radius 2 is 1.33 bits per heavy atom. The second-order valence-electron chi connectivity index (χ2n) is 7.67. The molecule has 0 bridgehead atoms. The lowest BCUT2D eigenvalue weighted by Crippen LogP contribution is -2.11. The maximum Gasteiger partial charge on any atom is 0.137 e. The molecule has 0 amide bonds. The molecule has 5 heteroatoms. The average molecular weight is 438 g/mol. The van der Waals surface area contributed by atoms with Crippen molar-refractivity contribution in [3.05, 3.63) is 119 Å². The molecule has 0 unspecified atom stereocenters. The predicted octanol–water partition coefficient (Wildman–Crippen LogP) is 5.17. The topological polar surface area (TPSA) is 49.2 Å². The smallest absolute Gasteiger partial charge is 0.137 e. The van der Waals surface area contributed by atoms with Gasteiger partial charge in [-0.25, -0.2) is 4.68 Å². The number of nitrogens with zero attached hydrogens (tertiary/aromatic N) is 3. The fraction of sp³-hybridized carbons (Fsp3) is 0.214. The van der Waals surface area contributed by atoms with E-state index in [1.165, 1.54) is 0 Å². The maximum absolute atomic E-state index is 5.92.